The van der Waals surface area contributed by atoms with Crippen LogP contribution in [0.25, 0.3) is 11.1 Å². The quantitative estimate of drug-likeness (QED) is 0.651. The molecular weight excluding hydrogens is 383 g/mol. The van der Waals surface area contributed by atoms with E-state index in [1.165, 1.54) is 17.9 Å². The van der Waals surface area contributed by atoms with Gasteiger partial charge in [0, 0.05) is 24.9 Å². The van der Waals surface area contributed by atoms with Gasteiger partial charge in [0.2, 0.25) is 5.91 Å². The van der Waals surface area contributed by atoms with Crippen molar-refractivity contribution in [3.63, 3.8) is 0 Å². The second-order valence-electron chi connectivity index (χ2n) is 7.02. The molecule has 7 nitrogen and oxygen atoms in total. The van der Waals surface area contributed by atoms with E-state index in [-0.39, 0.29) is 23.6 Å². The third kappa shape index (κ3) is 3.53. The third-order valence-corrected chi connectivity index (χ3v) is 5.15. The first-order valence-corrected chi connectivity index (χ1v) is 9.46. The highest BCUT2D eigenvalue weighted by atomic mass is 16.5. The lowest BCUT2D eigenvalue weighted by atomic mass is 9.70. The lowest BCUT2D eigenvalue weighted by molar-refractivity contribution is -0.116. The van der Waals surface area contributed by atoms with Crippen molar-refractivity contribution in [2.45, 2.75) is 19.3 Å². The molecular formula is C22H19BN2O5. The first-order chi connectivity index (χ1) is 14.5. The number of nitrogens with zero attached hydrogens (tertiary/aromatic N) is 2. The topological polar surface area (TPSA) is 100.0 Å². The molecule has 0 fully saturated rings. The minimum Gasteiger partial charge on any atom is -0.534 e. The van der Waals surface area contributed by atoms with Crippen molar-refractivity contribution in [3.05, 3.63) is 78.1 Å². The predicted molar refractivity (Wildman–Crippen MR) is 112 cm³/mol. The Hall–Kier alpha value is -3.65. The van der Waals surface area contributed by atoms with E-state index >= 15 is 0 Å². The van der Waals surface area contributed by atoms with E-state index in [2.05, 4.69) is 4.98 Å². The molecule has 1 amide bonds. The minimum atomic E-state index is -1.38. The second kappa shape index (κ2) is 8.00. The largest absolute Gasteiger partial charge is 0.547 e. The van der Waals surface area contributed by atoms with Crippen LogP contribution in [-0.2, 0) is 11.2 Å². The fraction of sp³-hybridized carbons (Fsp3) is 0.136. The van der Waals surface area contributed by atoms with Crippen molar-refractivity contribution >= 4 is 24.7 Å². The lowest BCUT2D eigenvalue weighted by Crippen LogP contribution is -2.55. The Bertz CT molecular complexity index is 1110. The standard InChI is InChI=1S/C22H19BN2O5/c1-14(26)25(19-8-3-2-6-17(19)15-9-11-24-12-10-15)20-13-16-5-4-7-18(22(27)28)21(16)30-23(20)29/h2-12,20,29H,13H2,1H3,(H,27,28). The molecule has 0 saturated carbocycles. The molecule has 30 heavy (non-hydrogen) atoms. The molecule has 4 rings (SSSR count). The van der Waals surface area contributed by atoms with Gasteiger partial charge in [0.25, 0.3) is 0 Å². The molecule has 1 unspecified atom stereocenters. The molecule has 1 aliphatic rings. The molecule has 1 aliphatic heterocycles. The molecule has 2 N–H and O–H groups in total. The van der Waals surface area contributed by atoms with Crippen LogP contribution in [0.4, 0.5) is 5.69 Å². The number of para-hydroxylation sites is 2. The van der Waals surface area contributed by atoms with Crippen molar-refractivity contribution in [2.24, 2.45) is 0 Å². The summed E-state index contributed by atoms with van der Waals surface area (Å²) >= 11 is 0. The Morgan fingerprint density at radius 1 is 1.10 bits per heavy atom. The molecule has 2 heterocycles. The third-order valence-electron chi connectivity index (χ3n) is 5.15. The minimum absolute atomic E-state index is 0.0171. The van der Waals surface area contributed by atoms with Crippen LogP contribution in [0.1, 0.15) is 22.8 Å². The maximum absolute atomic E-state index is 12.7. The van der Waals surface area contributed by atoms with Gasteiger partial charge in [-0.05, 0) is 41.8 Å². The Balaban J connectivity index is 1.78. The molecule has 1 aromatic heterocycles. The number of hydrogen-bond donors (Lipinski definition) is 2. The normalized spacial score (nSPS) is 15.1. The summed E-state index contributed by atoms with van der Waals surface area (Å²) in [6.07, 6.45) is 3.60. The number of carboxylic acid groups (broad SMARTS) is 1. The van der Waals surface area contributed by atoms with Gasteiger partial charge in [-0.3, -0.25) is 9.78 Å². The number of rotatable bonds is 4. The number of fused-ring (bicyclic) bond motifs is 1. The maximum Gasteiger partial charge on any atom is 0.547 e. The van der Waals surface area contributed by atoms with Crippen LogP contribution in [0.15, 0.2) is 67.0 Å². The molecule has 2 aromatic carbocycles. The van der Waals surface area contributed by atoms with Gasteiger partial charge in [0.05, 0.1) is 17.2 Å². The Morgan fingerprint density at radius 2 is 1.83 bits per heavy atom. The van der Waals surface area contributed by atoms with Gasteiger partial charge >= 0.3 is 13.1 Å². The zero-order valence-corrected chi connectivity index (χ0v) is 16.2. The number of anilines is 1. The van der Waals surface area contributed by atoms with Crippen LogP contribution < -0.4 is 9.55 Å². The SMILES string of the molecule is CC(=O)N(c1ccccc1-c1ccncc1)C1Cc2cccc(C(=O)O)c2OB1O. The molecule has 0 aliphatic carbocycles. The summed E-state index contributed by atoms with van der Waals surface area (Å²) in [5.74, 6) is -1.98. The number of hydrogen-bond acceptors (Lipinski definition) is 5. The van der Waals surface area contributed by atoms with Gasteiger partial charge in [-0.1, -0.05) is 30.3 Å². The monoisotopic (exact) mass is 402 g/mol. The first kappa shape index (κ1) is 19.7. The summed E-state index contributed by atoms with van der Waals surface area (Å²) < 4.78 is 5.61. The van der Waals surface area contributed by atoms with Crippen LogP contribution in [0.3, 0.4) is 0 Å². The van der Waals surface area contributed by atoms with E-state index in [1.54, 1.807) is 24.5 Å². The summed E-state index contributed by atoms with van der Waals surface area (Å²) in [4.78, 5) is 29.8. The highest BCUT2D eigenvalue weighted by Crippen LogP contribution is 2.36. The van der Waals surface area contributed by atoms with Crippen LogP contribution in [0.2, 0.25) is 0 Å². The van der Waals surface area contributed by atoms with E-state index in [4.69, 9.17) is 4.65 Å². The van der Waals surface area contributed by atoms with Gasteiger partial charge in [-0.25, -0.2) is 4.79 Å². The molecule has 3 aromatic rings. The molecule has 0 saturated heterocycles. The summed E-state index contributed by atoms with van der Waals surface area (Å²) in [6, 6.07) is 15.9. The second-order valence-corrected chi connectivity index (χ2v) is 7.02. The number of pyridine rings is 1. The first-order valence-electron chi connectivity index (χ1n) is 9.46. The molecule has 8 heteroatoms. The Labute approximate surface area is 173 Å². The van der Waals surface area contributed by atoms with E-state index in [1.807, 2.05) is 36.4 Å². The van der Waals surface area contributed by atoms with E-state index in [0.717, 1.165) is 11.1 Å². The van der Waals surface area contributed by atoms with Gasteiger partial charge in [-0.15, -0.1) is 0 Å². The Kier molecular flexibility index (Phi) is 5.24. The number of aromatic carboxylic acids is 1. The number of carbonyl (C=O) groups is 2. The molecule has 0 bridgehead atoms. The number of aromatic nitrogens is 1. The smallest absolute Gasteiger partial charge is 0.534 e. The predicted octanol–water partition coefficient (Wildman–Crippen LogP) is 2.82. The van der Waals surface area contributed by atoms with Crippen molar-refractivity contribution in [1.29, 1.82) is 0 Å². The van der Waals surface area contributed by atoms with Gasteiger partial charge in [0.15, 0.2) is 0 Å². The zero-order chi connectivity index (χ0) is 21.3. The van der Waals surface area contributed by atoms with Crippen LogP contribution >= 0.6 is 0 Å². The van der Waals surface area contributed by atoms with Crippen molar-refractivity contribution in [3.8, 4) is 16.9 Å². The van der Waals surface area contributed by atoms with Crippen molar-refractivity contribution in [2.75, 3.05) is 4.90 Å². The van der Waals surface area contributed by atoms with E-state index in [9.17, 15) is 19.7 Å². The highest BCUT2D eigenvalue weighted by Gasteiger charge is 2.42. The summed E-state index contributed by atoms with van der Waals surface area (Å²) in [7, 11) is -1.38. The van der Waals surface area contributed by atoms with Crippen LogP contribution in [0.5, 0.6) is 5.75 Å². The van der Waals surface area contributed by atoms with Crippen molar-refractivity contribution < 1.29 is 24.4 Å². The number of carboxylic acids is 1. The molecule has 1 atom stereocenters. The molecule has 0 spiro atoms. The summed E-state index contributed by atoms with van der Waals surface area (Å²) in [5, 5.41) is 20.1. The molecule has 150 valence electrons. The van der Waals surface area contributed by atoms with Crippen molar-refractivity contribution in [1.82, 2.24) is 4.98 Å². The number of amides is 1. The summed E-state index contributed by atoms with van der Waals surface area (Å²) in [5.41, 5.74) is 2.93. The van der Waals surface area contributed by atoms with Gasteiger partial charge in [-0.2, -0.15) is 0 Å². The zero-order valence-electron chi connectivity index (χ0n) is 16.2. The van der Waals surface area contributed by atoms with E-state index < -0.39 is 19.0 Å². The van der Waals surface area contributed by atoms with Gasteiger partial charge in [0.1, 0.15) is 5.75 Å². The fourth-order valence-electron chi connectivity index (χ4n) is 3.84. The summed E-state index contributed by atoms with van der Waals surface area (Å²) in [6.45, 7) is 1.43. The highest BCUT2D eigenvalue weighted by molar-refractivity contribution is 6.48. The molecule has 0 radical (unpaired) electrons. The average molecular weight is 402 g/mol. The van der Waals surface area contributed by atoms with Gasteiger partial charge < -0.3 is 19.7 Å². The van der Waals surface area contributed by atoms with Crippen LogP contribution in [0, 0.1) is 0 Å². The van der Waals surface area contributed by atoms with Crippen LogP contribution in [-0.4, -0.2) is 40.1 Å². The Morgan fingerprint density at radius 3 is 2.53 bits per heavy atom. The van der Waals surface area contributed by atoms with E-state index in [0.29, 0.717) is 11.3 Å². The lowest BCUT2D eigenvalue weighted by Gasteiger charge is -2.37. The number of carbonyl (C=O) groups excluding carboxylic acids is 1. The fourth-order valence-corrected chi connectivity index (χ4v) is 3.84. The maximum atomic E-state index is 12.7. The average Bonchev–Trinajstić information content (AvgIpc) is 2.74. The number of benzene rings is 2.